The number of benzene rings is 2. The van der Waals surface area contributed by atoms with Gasteiger partial charge in [-0.05, 0) is 23.1 Å². The number of hydrogen-bond donors (Lipinski definition) is 1. The molecule has 1 unspecified atom stereocenters. The van der Waals surface area contributed by atoms with E-state index in [0.717, 1.165) is 6.42 Å². The minimum absolute atomic E-state index is 0.111. The smallest absolute Gasteiger partial charge is 0.173 e. The van der Waals surface area contributed by atoms with E-state index in [9.17, 15) is 0 Å². The number of rotatable bonds is 4. The van der Waals surface area contributed by atoms with E-state index in [2.05, 4.69) is 36.4 Å². The average molecular weight is 269 g/mol. The van der Waals surface area contributed by atoms with Gasteiger partial charge in [0.2, 0.25) is 0 Å². The minimum atomic E-state index is -0.260. The van der Waals surface area contributed by atoms with Gasteiger partial charge in [-0.15, -0.1) is 0 Å². The first-order chi connectivity index (χ1) is 9.83. The fourth-order valence-corrected chi connectivity index (χ4v) is 2.46. The van der Waals surface area contributed by atoms with Gasteiger partial charge in [0, 0.05) is 0 Å². The SMILES string of the molecule is NC(Cc1ccc(-c2ccccc2)cc1)C1OCCO1. The van der Waals surface area contributed by atoms with E-state index < -0.39 is 0 Å². The second kappa shape index (κ2) is 6.18. The standard InChI is InChI=1S/C17H19NO2/c18-16(17-19-10-11-20-17)12-13-6-8-15(9-7-13)14-4-2-1-3-5-14/h1-9,16-17H,10-12,18H2. The van der Waals surface area contributed by atoms with Crippen molar-refractivity contribution >= 4 is 0 Å². The Bertz CT molecular complexity index is 533. The zero-order chi connectivity index (χ0) is 13.8. The van der Waals surface area contributed by atoms with Crippen molar-refractivity contribution in [3.05, 3.63) is 60.2 Å². The van der Waals surface area contributed by atoms with Gasteiger partial charge in [-0.1, -0.05) is 54.6 Å². The molecule has 0 bridgehead atoms. The predicted molar refractivity (Wildman–Crippen MR) is 79.2 cm³/mol. The first-order valence-electron chi connectivity index (χ1n) is 6.96. The molecule has 2 aromatic rings. The van der Waals surface area contributed by atoms with Gasteiger partial charge < -0.3 is 15.2 Å². The van der Waals surface area contributed by atoms with Gasteiger partial charge in [0.15, 0.2) is 6.29 Å². The second-order valence-corrected chi connectivity index (χ2v) is 5.04. The van der Waals surface area contributed by atoms with Crippen molar-refractivity contribution in [3.8, 4) is 11.1 Å². The van der Waals surface area contributed by atoms with Crippen LogP contribution < -0.4 is 5.73 Å². The Morgan fingerprint density at radius 2 is 1.50 bits per heavy atom. The molecule has 2 aromatic carbocycles. The quantitative estimate of drug-likeness (QED) is 0.928. The Labute approximate surface area is 119 Å². The van der Waals surface area contributed by atoms with Crippen LogP contribution in [0.4, 0.5) is 0 Å². The zero-order valence-corrected chi connectivity index (χ0v) is 11.4. The van der Waals surface area contributed by atoms with Crippen LogP contribution in [0, 0.1) is 0 Å². The van der Waals surface area contributed by atoms with E-state index in [1.807, 2.05) is 18.2 Å². The molecule has 0 saturated carbocycles. The summed E-state index contributed by atoms with van der Waals surface area (Å²) in [4.78, 5) is 0. The van der Waals surface area contributed by atoms with Gasteiger partial charge in [-0.25, -0.2) is 0 Å². The van der Waals surface area contributed by atoms with E-state index in [0.29, 0.717) is 13.2 Å². The third-order valence-electron chi connectivity index (χ3n) is 3.53. The normalized spacial score (nSPS) is 17.2. The Morgan fingerprint density at radius 1 is 0.900 bits per heavy atom. The molecule has 1 aliphatic heterocycles. The lowest BCUT2D eigenvalue weighted by Gasteiger charge is -2.17. The van der Waals surface area contributed by atoms with Crippen molar-refractivity contribution in [2.45, 2.75) is 18.8 Å². The molecule has 0 radical (unpaired) electrons. The van der Waals surface area contributed by atoms with Crippen molar-refractivity contribution in [2.24, 2.45) is 5.73 Å². The van der Waals surface area contributed by atoms with Crippen molar-refractivity contribution in [1.82, 2.24) is 0 Å². The van der Waals surface area contributed by atoms with Crippen LogP contribution in [0.25, 0.3) is 11.1 Å². The molecule has 0 aromatic heterocycles. The van der Waals surface area contributed by atoms with E-state index in [4.69, 9.17) is 15.2 Å². The van der Waals surface area contributed by atoms with Crippen LogP contribution in [0.15, 0.2) is 54.6 Å². The molecule has 1 atom stereocenters. The first kappa shape index (κ1) is 13.3. The summed E-state index contributed by atoms with van der Waals surface area (Å²) in [6, 6.07) is 18.7. The summed E-state index contributed by atoms with van der Waals surface area (Å²) in [6.07, 6.45) is 0.503. The number of nitrogens with two attached hydrogens (primary N) is 1. The van der Waals surface area contributed by atoms with Crippen LogP contribution in [0.3, 0.4) is 0 Å². The van der Waals surface area contributed by atoms with E-state index in [-0.39, 0.29) is 12.3 Å². The lowest BCUT2D eigenvalue weighted by molar-refractivity contribution is -0.0585. The van der Waals surface area contributed by atoms with Crippen LogP contribution in [-0.2, 0) is 15.9 Å². The van der Waals surface area contributed by atoms with Crippen LogP contribution in [0.2, 0.25) is 0 Å². The molecule has 1 fully saturated rings. The highest BCUT2D eigenvalue weighted by Crippen LogP contribution is 2.20. The maximum absolute atomic E-state index is 6.11. The van der Waals surface area contributed by atoms with E-state index in [1.54, 1.807) is 0 Å². The Kier molecular flexibility index (Phi) is 4.11. The predicted octanol–water partition coefficient (Wildman–Crippen LogP) is 2.60. The molecule has 104 valence electrons. The molecule has 0 aliphatic carbocycles. The van der Waals surface area contributed by atoms with Crippen LogP contribution in [0.5, 0.6) is 0 Å². The summed E-state index contributed by atoms with van der Waals surface area (Å²) in [5.41, 5.74) is 9.76. The Hall–Kier alpha value is -1.68. The van der Waals surface area contributed by atoms with Gasteiger partial charge in [-0.2, -0.15) is 0 Å². The molecule has 3 heteroatoms. The second-order valence-electron chi connectivity index (χ2n) is 5.04. The van der Waals surface area contributed by atoms with Gasteiger partial charge >= 0.3 is 0 Å². The van der Waals surface area contributed by atoms with Crippen LogP contribution in [-0.4, -0.2) is 25.5 Å². The first-order valence-corrected chi connectivity index (χ1v) is 6.96. The molecule has 1 saturated heterocycles. The van der Waals surface area contributed by atoms with Crippen molar-refractivity contribution in [2.75, 3.05) is 13.2 Å². The highest BCUT2D eigenvalue weighted by Gasteiger charge is 2.23. The Morgan fingerprint density at radius 3 is 2.15 bits per heavy atom. The molecule has 3 nitrogen and oxygen atoms in total. The van der Waals surface area contributed by atoms with Gasteiger partial charge in [-0.3, -0.25) is 0 Å². The van der Waals surface area contributed by atoms with Crippen molar-refractivity contribution < 1.29 is 9.47 Å². The molecule has 0 spiro atoms. The molecular weight excluding hydrogens is 250 g/mol. The molecule has 2 N–H and O–H groups in total. The number of hydrogen-bond acceptors (Lipinski definition) is 3. The summed E-state index contributed by atoms with van der Waals surface area (Å²) in [6.45, 7) is 1.29. The van der Waals surface area contributed by atoms with Gasteiger partial charge in [0.05, 0.1) is 19.3 Å². The molecular formula is C17H19NO2. The van der Waals surface area contributed by atoms with Gasteiger partial charge in [0.25, 0.3) is 0 Å². The summed E-state index contributed by atoms with van der Waals surface area (Å²) in [5.74, 6) is 0. The largest absolute Gasteiger partial charge is 0.349 e. The lowest BCUT2D eigenvalue weighted by Crippen LogP contribution is -2.37. The maximum atomic E-state index is 6.11. The minimum Gasteiger partial charge on any atom is -0.349 e. The highest BCUT2D eigenvalue weighted by molar-refractivity contribution is 5.63. The third-order valence-corrected chi connectivity index (χ3v) is 3.53. The lowest BCUT2D eigenvalue weighted by atomic mass is 10.0. The fraction of sp³-hybridized carbons (Fsp3) is 0.294. The summed E-state index contributed by atoms with van der Waals surface area (Å²) in [7, 11) is 0. The van der Waals surface area contributed by atoms with E-state index in [1.165, 1.54) is 16.7 Å². The molecule has 1 heterocycles. The summed E-state index contributed by atoms with van der Waals surface area (Å²) in [5, 5.41) is 0. The zero-order valence-electron chi connectivity index (χ0n) is 11.4. The highest BCUT2D eigenvalue weighted by atomic mass is 16.7. The summed E-state index contributed by atoms with van der Waals surface area (Å²) >= 11 is 0. The Balaban J connectivity index is 1.67. The molecule has 3 rings (SSSR count). The molecule has 0 amide bonds. The monoisotopic (exact) mass is 269 g/mol. The topological polar surface area (TPSA) is 44.5 Å². The molecule has 1 aliphatic rings. The van der Waals surface area contributed by atoms with E-state index >= 15 is 0 Å². The fourth-order valence-electron chi connectivity index (χ4n) is 2.46. The van der Waals surface area contributed by atoms with Crippen LogP contribution in [0.1, 0.15) is 5.56 Å². The molecule has 20 heavy (non-hydrogen) atoms. The van der Waals surface area contributed by atoms with Crippen molar-refractivity contribution in [1.29, 1.82) is 0 Å². The number of ether oxygens (including phenoxy) is 2. The summed E-state index contributed by atoms with van der Waals surface area (Å²) < 4.78 is 10.9. The van der Waals surface area contributed by atoms with Crippen LogP contribution >= 0.6 is 0 Å². The van der Waals surface area contributed by atoms with Crippen molar-refractivity contribution in [3.63, 3.8) is 0 Å². The average Bonchev–Trinajstić information content (AvgIpc) is 3.03. The third kappa shape index (κ3) is 3.07. The maximum Gasteiger partial charge on any atom is 0.173 e. The van der Waals surface area contributed by atoms with Gasteiger partial charge in [0.1, 0.15) is 0 Å².